The van der Waals surface area contributed by atoms with Crippen LogP contribution < -0.4 is 9.47 Å². The Kier molecular flexibility index (Phi) is 7.66. The summed E-state index contributed by atoms with van der Waals surface area (Å²) in [5.74, 6) is -10.2. The molecule has 0 atom stereocenters. The SMILES string of the molecule is O=C(O)c1cc(Oc2ccc(Oc3cc(C(=O)O)c(C(=O)O)c(C(F)(F)F)c3)cc2)cc(C(F)(F)F)c1C(=O)O. The number of aromatic carboxylic acids is 4. The molecule has 3 aromatic rings. The van der Waals surface area contributed by atoms with Crippen LogP contribution in [0.25, 0.3) is 0 Å². The lowest BCUT2D eigenvalue weighted by Crippen LogP contribution is -2.18. The highest BCUT2D eigenvalue weighted by Crippen LogP contribution is 2.39. The van der Waals surface area contributed by atoms with E-state index in [-0.39, 0.29) is 23.6 Å². The molecule has 0 spiro atoms. The second kappa shape index (κ2) is 10.5. The third kappa shape index (κ3) is 6.23. The van der Waals surface area contributed by atoms with E-state index in [2.05, 4.69) is 0 Å². The topological polar surface area (TPSA) is 168 Å². The van der Waals surface area contributed by atoms with Crippen LogP contribution in [0.15, 0.2) is 48.5 Å². The maximum atomic E-state index is 13.4. The van der Waals surface area contributed by atoms with Crippen molar-refractivity contribution in [3.8, 4) is 23.0 Å². The van der Waals surface area contributed by atoms with Crippen LogP contribution in [0.2, 0.25) is 0 Å². The summed E-state index contributed by atoms with van der Waals surface area (Å²) in [5.41, 5.74) is -9.04. The van der Waals surface area contributed by atoms with Gasteiger partial charge in [-0.2, -0.15) is 26.3 Å². The molecule has 3 aromatic carbocycles. The Hall–Kier alpha value is -5.28. The molecule has 0 unspecified atom stereocenters. The smallest absolute Gasteiger partial charge is 0.417 e. The molecule has 0 aliphatic rings. The average molecular weight is 574 g/mol. The number of carbonyl (C=O) groups is 4. The predicted octanol–water partition coefficient (Wildman–Crippen LogP) is 6.10. The van der Waals surface area contributed by atoms with Gasteiger partial charge in [0, 0.05) is 0 Å². The van der Waals surface area contributed by atoms with Gasteiger partial charge in [-0.15, -0.1) is 0 Å². The summed E-state index contributed by atoms with van der Waals surface area (Å²) in [5, 5.41) is 36.6. The molecule has 0 fully saturated rings. The molecule has 0 bridgehead atoms. The second-order valence-corrected chi connectivity index (χ2v) is 7.68. The molecular weight excluding hydrogens is 562 g/mol. The maximum absolute atomic E-state index is 13.4. The number of carboxylic acid groups (broad SMARTS) is 4. The molecule has 0 amide bonds. The van der Waals surface area contributed by atoms with Crippen LogP contribution in [-0.2, 0) is 12.4 Å². The summed E-state index contributed by atoms with van der Waals surface area (Å²) in [4.78, 5) is 45.4. The van der Waals surface area contributed by atoms with Crippen molar-refractivity contribution in [2.75, 3.05) is 0 Å². The lowest BCUT2D eigenvalue weighted by Gasteiger charge is -2.16. The van der Waals surface area contributed by atoms with Gasteiger partial charge in [0.05, 0.1) is 33.4 Å². The first-order valence-corrected chi connectivity index (χ1v) is 10.3. The van der Waals surface area contributed by atoms with Crippen LogP contribution in [0.3, 0.4) is 0 Å². The fourth-order valence-electron chi connectivity index (χ4n) is 3.44. The molecule has 3 rings (SSSR count). The van der Waals surface area contributed by atoms with Crippen LogP contribution in [-0.4, -0.2) is 44.3 Å². The Morgan fingerprint density at radius 3 is 1.02 bits per heavy atom. The Balaban J connectivity index is 1.97. The van der Waals surface area contributed by atoms with Crippen LogP contribution in [0.1, 0.15) is 52.6 Å². The lowest BCUT2D eigenvalue weighted by atomic mass is 9.99. The van der Waals surface area contributed by atoms with Gasteiger partial charge < -0.3 is 29.9 Å². The van der Waals surface area contributed by atoms with E-state index in [9.17, 15) is 55.7 Å². The molecule has 0 saturated heterocycles. The van der Waals surface area contributed by atoms with E-state index in [0.29, 0.717) is 12.1 Å². The van der Waals surface area contributed by atoms with Crippen LogP contribution in [0, 0.1) is 0 Å². The van der Waals surface area contributed by atoms with Crippen LogP contribution in [0.4, 0.5) is 26.3 Å². The summed E-state index contributed by atoms with van der Waals surface area (Å²) in [6, 6.07) is 5.73. The number of ether oxygens (including phenoxy) is 2. The number of hydrogen-bond acceptors (Lipinski definition) is 6. The molecule has 40 heavy (non-hydrogen) atoms. The zero-order valence-electron chi connectivity index (χ0n) is 19.1. The predicted molar refractivity (Wildman–Crippen MR) is 117 cm³/mol. The quantitative estimate of drug-likeness (QED) is 0.231. The minimum absolute atomic E-state index is 0.247. The summed E-state index contributed by atoms with van der Waals surface area (Å²) in [6.07, 6.45) is -10.5. The number of halogens is 6. The van der Waals surface area contributed by atoms with E-state index >= 15 is 0 Å². The Morgan fingerprint density at radius 1 is 0.500 bits per heavy atom. The van der Waals surface area contributed by atoms with E-state index in [4.69, 9.17) is 19.7 Å². The van der Waals surface area contributed by atoms with Crippen molar-refractivity contribution in [3.05, 3.63) is 81.9 Å². The lowest BCUT2D eigenvalue weighted by molar-refractivity contribution is -0.139. The van der Waals surface area contributed by atoms with Crippen molar-refractivity contribution in [1.29, 1.82) is 0 Å². The zero-order valence-corrected chi connectivity index (χ0v) is 19.1. The van der Waals surface area contributed by atoms with Crippen molar-refractivity contribution >= 4 is 23.9 Å². The molecule has 0 heterocycles. The monoisotopic (exact) mass is 574 g/mol. The average Bonchev–Trinajstić information content (AvgIpc) is 2.82. The first kappa shape index (κ1) is 29.3. The van der Waals surface area contributed by atoms with Crippen molar-refractivity contribution in [1.82, 2.24) is 0 Å². The highest BCUT2D eigenvalue weighted by atomic mass is 19.4. The molecule has 0 aromatic heterocycles. The summed E-state index contributed by atoms with van der Waals surface area (Å²) >= 11 is 0. The minimum atomic E-state index is -5.27. The minimum Gasteiger partial charge on any atom is -0.478 e. The van der Waals surface area contributed by atoms with Gasteiger partial charge in [-0.3, -0.25) is 0 Å². The Labute approximate surface area is 217 Å². The van der Waals surface area contributed by atoms with E-state index in [1.807, 2.05) is 0 Å². The third-order valence-electron chi connectivity index (χ3n) is 5.02. The van der Waals surface area contributed by atoms with Gasteiger partial charge in [0.1, 0.15) is 23.0 Å². The van der Waals surface area contributed by atoms with Gasteiger partial charge in [0.15, 0.2) is 0 Å². The van der Waals surface area contributed by atoms with E-state index in [0.717, 1.165) is 24.3 Å². The number of rotatable bonds is 8. The molecular formula is C24H12F6O10. The fraction of sp³-hybridized carbons (Fsp3) is 0.0833. The summed E-state index contributed by atoms with van der Waals surface area (Å²) in [6.45, 7) is 0. The number of alkyl halides is 6. The largest absolute Gasteiger partial charge is 0.478 e. The van der Waals surface area contributed by atoms with Crippen molar-refractivity contribution in [2.24, 2.45) is 0 Å². The van der Waals surface area contributed by atoms with Gasteiger partial charge in [-0.1, -0.05) is 0 Å². The van der Waals surface area contributed by atoms with Crippen molar-refractivity contribution in [3.63, 3.8) is 0 Å². The Morgan fingerprint density at radius 2 is 0.800 bits per heavy atom. The molecule has 0 aliphatic carbocycles. The number of benzene rings is 3. The molecule has 16 heteroatoms. The molecule has 210 valence electrons. The third-order valence-corrected chi connectivity index (χ3v) is 5.02. The zero-order chi connectivity index (χ0) is 30.2. The molecule has 0 aliphatic heterocycles. The molecule has 0 saturated carbocycles. The molecule has 4 N–H and O–H groups in total. The van der Waals surface area contributed by atoms with E-state index < -0.39 is 81.1 Å². The van der Waals surface area contributed by atoms with Gasteiger partial charge in [-0.25, -0.2) is 19.2 Å². The van der Waals surface area contributed by atoms with Gasteiger partial charge >= 0.3 is 36.2 Å². The molecule has 0 radical (unpaired) electrons. The van der Waals surface area contributed by atoms with Crippen molar-refractivity contribution < 1.29 is 75.4 Å². The molecule has 10 nitrogen and oxygen atoms in total. The highest BCUT2D eigenvalue weighted by Gasteiger charge is 2.40. The van der Waals surface area contributed by atoms with E-state index in [1.54, 1.807) is 0 Å². The standard InChI is InChI=1S/C24H12F6O10/c25-23(26,27)15-7-11(5-13(19(31)32)17(15)21(35)36)39-9-1-2-10(4-3-9)40-12-6-14(20(33)34)18(22(37)38)16(8-12)24(28,29)30/h1-8H,(H,31,32)(H,33,34)(H,35,36)(H,37,38). The normalized spacial score (nSPS) is 11.6. The second-order valence-electron chi connectivity index (χ2n) is 7.68. The number of hydrogen-bond donors (Lipinski definition) is 4. The highest BCUT2D eigenvalue weighted by molar-refractivity contribution is 6.04. The maximum Gasteiger partial charge on any atom is 0.417 e. The fourth-order valence-corrected chi connectivity index (χ4v) is 3.44. The first-order valence-electron chi connectivity index (χ1n) is 10.3. The van der Waals surface area contributed by atoms with Gasteiger partial charge in [-0.05, 0) is 48.5 Å². The van der Waals surface area contributed by atoms with Crippen molar-refractivity contribution in [2.45, 2.75) is 12.4 Å². The van der Waals surface area contributed by atoms with Gasteiger partial charge in [0.2, 0.25) is 0 Å². The summed E-state index contributed by atoms with van der Waals surface area (Å²) in [7, 11) is 0. The number of carboxylic acids is 4. The Bertz CT molecular complexity index is 1410. The van der Waals surface area contributed by atoms with Crippen LogP contribution >= 0.6 is 0 Å². The van der Waals surface area contributed by atoms with E-state index in [1.165, 1.54) is 0 Å². The summed E-state index contributed by atoms with van der Waals surface area (Å²) < 4.78 is 90.9. The van der Waals surface area contributed by atoms with Crippen LogP contribution in [0.5, 0.6) is 23.0 Å². The first-order chi connectivity index (χ1) is 18.4. The van der Waals surface area contributed by atoms with Gasteiger partial charge in [0.25, 0.3) is 0 Å².